The Morgan fingerprint density at radius 3 is 2.85 bits per heavy atom. The summed E-state index contributed by atoms with van der Waals surface area (Å²) in [5.41, 5.74) is 1.58. The molecule has 0 spiro atoms. The van der Waals surface area contributed by atoms with Gasteiger partial charge in [-0.05, 0) is 26.0 Å². The number of aryl methyl sites for hydroxylation is 2. The van der Waals surface area contributed by atoms with Crippen LogP contribution in [0.2, 0.25) is 0 Å². The highest BCUT2D eigenvalue weighted by atomic mass is 16.5. The van der Waals surface area contributed by atoms with Gasteiger partial charge >= 0.3 is 0 Å². The quantitative estimate of drug-likeness (QED) is 0.674. The Kier molecular flexibility index (Phi) is 5.11. The summed E-state index contributed by atoms with van der Waals surface area (Å²) in [5, 5.41) is 8.36. The topological polar surface area (TPSA) is 89.9 Å². The summed E-state index contributed by atoms with van der Waals surface area (Å²) >= 11 is 0. The molecule has 8 heteroatoms. The molecule has 0 aliphatic heterocycles. The minimum atomic E-state index is -0.222. The number of amides is 1. The van der Waals surface area contributed by atoms with E-state index >= 15 is 0 Å². The lowest BCUT2D eigenvalue weighted by Gasteiger charge is -2.20. The van der Waals surface area contributed by atoms with Crippen molar-refractivity contribution in [3.63, 3.8) is 0 Å². The van der Waals surface area contributed by atoms with E-state index in [4.69, 9.17) is 4.52 Å². The molecule has 3 aromatic rings. The van der Waals surface area contributed by atoms with E-state index in [0.29, 0.717) is 30.4 Å². The molecule has 0 aromatic carbocycles. The molecule has 0 saturated heterocycles. The van der Waals surface area contributed by atoms with Gasteiger partial charge in [-0.3, -0.25) is 9.78 Å². The molecule has 3 heterocycles. The smallest absolute Gasteiger partial charge is 0.227 e. The van der Waals surface area contributed by atoms with Crippen LogP contribution in [0.15, 0.2) is 35.1 Å². The summed E-state index contributed by atoms with van der Waals surface area (Å²) in [6.45, 7) is 6.46. The van der Waals surface area contributed by atoms with Crippen LogP contribution in [0.4, 0.5) is 0 Å². The van der Waals surface area contributed by atoms with Crippen molar-refractivity contribution in [1.29, 1.82) is 0 Å². The molecule has 0 fully saturated rings. The van der Waals surface area contributed by atoms with E-state index in [1.54, 1.807) is 29.0 Å². The van der Waals surface area contributed by atoms with E-state index in [-0.39, 0.29) is 11.8 Å². The predicted molar refractivity (Wildman–Crippen MR) is 94.9 cm³/mol. The second-order valence-corrected chi connectivity index (χ2v) is 6.40. The summed E-state index contributed by atoms with van der Waals surface area (Å²) < 4.78 is 7.13. The number of rotatable bonds is 6. The van der Waals surface area contributed by atoms with E-state index in [2.05, 4.69) is 20.2 Å². The maximum atomic E-state index is 12.6. The van der Waals surface area contributed by atoms with Crippen molar-refractivity contribution in [2.45, 2.75) is 33.9 Å². The van der Waals surface area contributed by atoms with Gasteiger partial charge in [0.1, 0.15) is 17.3 Å². The van der Waals surface area contributed by atoms with Gasteiger partial charge in [-0.1, -0.05) is 12.1 Å². The van der Waals surface area contributed by atoms with Gasteiger partial charge < -0.3 is 9.42 Å². The molecule has 3 aromatic heterocycles. The minimum Gasteiger partial charge on any atom is -0.359 e. The fourth-order valence-corrected chi connectivity index (χ4v) is 2.80. The third-order valence-electron chi connectivity index (χ3n) is 4.12. The van der Waals surface area contributed by atoms with Crippen molar-refractivity contribution in [2.24, 2.45) is 5.92 Å². The number of hydrogen-bond donors (Lipinski definition) is 0. The van der Waals surface area contributed by atoms with Crippen LogP contribution >= 0.6 is 0 Å². The minimum absolute atomic E-state index is 0.0110. The first-order valence-electron chi connectivity index (χ1n) is 8.43. The number of pyridine rings is 1. The van der Waals surface area contributed by atoms with E-state index in [1.165, 1.54) is 0 Å². The average molecular weight is 354 g/mol. The van der Waals surface area contributed by atoms with E-state index in [1.807, 2.05) is 39.0 Å². The molecule has 0 saturated carbocycles. The summed E-state index contributed by atoms with van der Waals surface area (Å²) in [6, 6.07) is 5.58. The summed E-state index contributed by atoms with van der Waals surface area (Å²) in [5.74, 6) is 1.93. The third-order valence-corrected chi connectivity index (χ3v) is 4.12. The molecule has 1 amide bonds. The molecule has 1 atom stereocenters. The van der Waals surface area contributed by atoms with Gasteiger partial charge in [-0.15, -0.1) is 0 Å². The van der Waals surface area contributed by atoms with E-state index in [0.717, 1.165) is 11.4 Å². The Bertz CT molecular complexity index is 886. The van der Waals surface area contributed by atoms with E-state index in [9.17, 15) is 4.79 Å². The molecule has 0 aliphatic rings. The van der Waals surface area contributed by atoms with Crippen LogP contribution in [0.1, 0.15) is 24.3 Å². The maximum absolute atomic E-state index is 12.6. The Balaban J connectivity index is 1.62. The van der Waals surface area contributed by atoms with Gasteiger partial charge in [-0.2, -0.15) is 5.10 Å². The molecule has 0 bridgehead atoms. The van der Waals surface area contributed by atoms with Crippen LogP contribution in [0.5, 0.6) is 0 Å². The van der Waals surface area contributed by atoms with Crippen molar-refractivity contribution in [3.8, 4) is 11.3 Å². The van der Waals surface area contributed by atoms with Gasteiger partial charge in [0.15, 0.2) is 5.76 Å². The molecular formula is C18H22N6O2. The Labute approximate surface area is 151 Å². The Morgan fingerprint density at radius 1 is 1.38 bits per heavy atom. The summed E-state index contributed by atoms with van der Waals surface area (Å²) in [6.07, 6.45) is 3.43. The SMILES string of the molecule is Cc1nc(C)n(C[C@@H](C)C(=O)N(C)Cc2cc(-c3cccnc3)no2)n1. The van der Waals surface area contributed by atoms with Crippen molar-refractivity contribution in [2.75, 3.05) is 7.05 Å². The lowest BCUT2D eigenvalue weighted by molar-refractivity contribution is -0.135. The fraction of sp³-hybridized carbons (Fsp3) is 0.389. The van der Waals surface area contributed by atoms with Crippen LogP contribution in [0.25, 0.3) is 11.3 Å². The second kappa shape index (κ2) is 7.47. The van der Waals surface area contributed by atoms with Crippen LogP contribution in [0, 0.1) is 19.8 Å². The number of nitrogens with zero attached hydrogens (tertiary/aromatic N) is 6. The normalized spacial score (nSPS) is 12.2. The summed E-state index contributed by atoms with van der Waals surface area (Å²) in [4.78, 5) is 22.6. The zero-order valence-corrected chi connectivity index (χ0v) is 15.4. The van der Waals surface area contributed by atoms with Crippen molar-refractivity contribution < 1.29 is 9.32 Å². The number of carbonyl (C=O) groups excluding carboxylic acids is 1. The average Bonchev–Trinajstić information content (AvgIpc) is 3.21. The largest absolute Gasteiger partial charge is 0.359 e. The third kappa shape index (κ3) is 3.96. The first kappa shape index (κ1) is 17.8. The molecule has 8 nitrogen and oxygen atoms in total. The monoisotopic (exact) mass is 354 g/mol. The lowest BCUT2D eigenvalue weighted by atomic mass is 10.1. The molecule has 0 unspecified atom stereocenters. The van der Waals surface area contributed by atoms with Crippen LogP contribution in [-0.2, 0) is 17.9 Å². The highest BCUT2D eigenvalue weighted by molar-refractivity contribution is 5.78. The molecule has 0 radical (unpaired) electrons. The standard InChI is InChI=1S/C18H22N6O2/c1-12(10-24-14(3)20-13(2)21-24)18(25)23(4)11-16-8-17(22-26-16)15-6-5-7-19-9-15/h5-9,12H,10-11H2,1-4H3/t12-/m1/s1. The first-order chi connectivity index (χ1) is 12.4. The van der Waals surface area contributed by atoms with Gasteiger partial charge in [0.2, 0.25) is 5.91 Å². The lowest BCUT2D eigenvalue weighted by Crippen LogP contribution is -2.33. The fourth-order valence-electron chi connectivity index (χ4n) is 2.80. The first-order valence-corrected chi connectivity index (χ1v) is 8.43. The number of hydrogen-bond acceptors (Lipinski definition) is 6. The highest BCUT2D eigenvalue weighted by Gasteiger charge is 2.21. The van der Waals surface area contributed by atoms with Crippen LogP contribution in [-0.4, -0.2) is 42.8 Å². The van der Waals surface area contributed by atoms with Crippen LogP contribution in [0.3, 0.4) is 0 Å². The molecule has 0 aliphatic carbocycles. The van der Waals surface area contributed by atoms with Gasteiger partial charge in [-0.25, -0.2) is 9.67 Å². The summed E-state index contributed by atoms with van der Waals surface area (Å²) in [7, 11) is 1.75. The molecule has 0 N–H and O–H groups in total. The molecule has 136 valence electrons. The van der Waals surface area contributed by atoms with Gasteiger partial charge in [0.25, 0.3) is 0 Å². The molecular weight excluding hydrogens is 332 g/mol. The Hall–Kier alpha value is -3.03. The zero-order valence-electron chi connectivity index (χ0n) is 15.4. The van der Waals surface area contributed by atoms with E-state index < -0.39 is 0 Å². The van der Waals surface area contributed by atoms with Gasteiger partial charge in [0.05, 0.1) is 19.0 Å². The zero-order chi connectivity index (χ0) is 18.7. The van der Waals surface area contributed by atoms with Crippen LogP contribution < -0.4 is 0 Å². The molecule has 26 heavy (non-hydrogen) atoms. The number of aromatic nitrogens is 5. The van der Waals surface area contributed by atoms with Crippen molar-refractivity contribution >= 4 is 5.91 Å². The second-order valence-electron chi connectivity index (χ2n) is 6.40. The Morgan fingerprint density at radius 2 is 2.19 bits per heavy atom. The number of carbonyl (C=O) groups is 1. The molecule has 3 rings (SSSR count). The maximum Gasteiger partial charge on any atom is 0.227 e. The van der Waals surface area contributed by atoms with Crippen molar-refractivity contribution in [1.82, 2.24) is 29.8 Å². The predicted octanol–water partition coefficient (Wildman–Crippen LogP) is 2.24. The van der Waals surface area contributed by atoms with Crippen molar-refractivity contribution in [3.05, 3.63) is 48.0 Å². The van der Waals surface area contributed by atoms with Gasteiger partial charge in [0, 0.05) is 31.1 Å². The highest BCUT2D eigenvalue weighted by Crippen LogP contribution is 2.19.